The molecule has 4 rings (SSSR count). The Kier molecular flexibility index (Phi) is 24.0. The summed E-state index contributed by atoms with van der Waals surface area (Å²) >= 11 is 1.33. The molecule has 5 unspecified atom stereocenters. The number of hydrogen-bond donors (Lipinski definition) is 9. The lowest BCUT2D eigenvalue weighted by atomic mass is 9.89. The minimum absolute atomic E-state index is 0.0138. The summed E-state index contributed by atoms with van der Waals surface area (Å²) in [5.41, 5.74) is 5.53. The van der Waals surface area contributed by atoms with Crippen LogP contribution in [-0.2, 0) is 37.8 Å². The second kappa shape index (κ2) is 27.9. The number of alkyl halides is 5. The van der Waals surface area contributed by atoms with Crippen molar-refractivity contribution in [3.63, 3.8) is 0 Å². The molecule has 2 saturated heterocycles. The number of aliphatic hydroxyl groups excluding tert-OH is 3. The first-order valence-corrected chi connectivity index (χ1v) is 24.2. The Morgan fingerprint density at radius 3 is 1.97 bits per heavy atom. The van der Waals surface area contributed by atoms with Gasteiger partial charge in [0.05, 0.1) is 71.5 Å². The highest BCUT2D eigenvalue weighted by atomic mass is 32.2. The molecule has 4 fully saturated rings. The summed E-state index contributed by atoms with van der Waals surface area (Å²) < 4.78 is 111. The molecule has 0 bridgehead atoms. The van der Waals surface area contributed by atoms with E-state index in [4.69, 9.17) is 23.7 Å². The Labute approximate surface area is 367 Å². The van der Waals surface area contributed by atoms with Crippen LogP contribution in [0.1, 0.15) is 57.8 Å². The van der Waals surface area contributed by atoms with E-state index in [0.717, 1.165) is 38.6 Å². The molecule has 4 aliphatic rings. The van der Waals surface area contributed by atoms with Crippen LogP contribution < -0.4 is 21.6 Å². The molecule has 63 heavy (non-hydrogen) atoms. The zero-order valence-corrected chi connectivity index (χ0v) is 36.7. The predicted molar refractivity (Wildman–Crippen MR) is 216 cm³/mol. The Morgan fingerprint density at radius 1 is 0.762 bits per heavy atom. The van der Waals surface area contributed by atoms with Crippen molar-refractivity contribution in [1.29, 1.82) is 0 Å². The number of nitrogens with zero attached hydrogens (tertiary/aromatic N) is 1. The molecule has 2 aliphatic carbocycles. The van der Waals surface area contributed by atoms with Crippen LogP contribution in [0.25, 0.3) is 0 Å². The molecule has 0 radical (unpaired) electrons. The summed E-state index contributed by atoms with van der Waals surface area (Å²) in [6.07, 6.45) is -17.7. The highest BCUT2D eigenvalue weighted by Gasteiger charge is 2.55. The predicted octanol–water partition coefficient (Wildman–Crippen LogP) is 0.642. The Bertz CT molecular complexity index is 1380. The number of carbonyl (C=O) groups excluding carboxylic acids is 2. The lowest BCUT2D eigenvalue weighted by molar-refractivity contribution is -0.198. The second-order valence-corrected chi connectivity index (χ2v) is 19.2. The van der Waals surface area contributed by atoms with Crippen LogP contribution in [0, 0.1) is 0 Å². The van der Waals surface area contributed by atoms with Crippen molar-refractivity contribution in [3.8, 4) is 0 Å². The number of unbranched alkanes of at least 4 members (excludes halogenated alkanes) is 1. The average molecular weight is 962 g/mol. The summed E-state index contributed by atoms with van der Waals surface area (Å²) in [5, 5.41) is 39.0. The van der Waals surface area contributed by atoms with Crippen molar-refractivity contribution < 1.29 is 89.6 Å². The standard InChI is InChI=1S/C37H65F5N5O14PS/c38-27-28(39)30(41)35(31(42)29(27)40)61-26(48)8-12-56-14-16-58-18-19-59-17-15-57-13-11-47-21-23(45-46-47)3-1-2-10-43-37(52)44-22-4-6-24(7-5-22)63-36-34(51)33(50)32(49)25(60-36)9-20-62(53,54)55/h22-25,27-36,45-46,49-51H,1-21H2,(H2,43,44,52)(H2,53,54,55)/t22?,23?,24?,25-,27?,28?,29?,30?,31?,32-,33+,34+,35?,36+/m1/s1. The van der Waals surface area contributed by atoms with Gasteiger partial charge < -0.3 is 64.2 Å². The van der Waals surface area contributed by atoms with Gasteiger partial charge >= 0.3 is 19.6 Å². The van der Waals surface area contributed by atoms with Crippen molar-refractivity contribution in [2.75, 3.05) is 78.7 Å². The van der Waals surface area contributed by atoms with Gasteiger partial charge in [0.1, 0.15) is 23.7 Å². The quantitative estimate of drug-likeness (QED) is 0.0237. The van der Waals surface area contributed by atoms with E-state index >= 15 is 0 Å². The second-order valence-electron chi connectivity index (χ2n) is 16.0. The largest absolute Gasteiger partial charge is 0.456 e. The number of urea groups is 1. The highest BCUT2D eigenvalue weighted by Crippen LogP contribution is 2.40. The molecule has 0 aromatic heterocycles. The minimum atomic E-state index is -4.32. The van der Waals surface area contributed by atoms with Crippen LogP contribution in [0.15, 0.2) is 0 Å². The fourth-order valence-corrected chi connectivity index (χ4v) is 9.44. The molecular weight excluding hydrogens is 896 g/mol. The number of carbonyl (C=O) groups is 2. The molecule has 2 amide bonds. The zero-order valence-electron chi connectivity index (χ0n) is 35.0. The number of ether oxygens (including phenoxy) is 6. The molecule has 2 saturated carbocycles. The van der Waals surface area contributed by atoms with E-state index in [1.807, 2.05) is 5.01 Å². The first kappa shape index (κ1) is 54.1. The van der Waals surface area contributed by atoms with E-state index in [0.29, 0.717) is 52.4 Å². The van der Waals surface area contributed by atoms with E-state index < -0.39 is 93.0 Å². The Morgan fingerprint density at radius 2 is 1.35 bits per heavy atom. The molecule has 2 aliphatic heterocycles. The number of esters is 1. The Balaban J connectivity index is 0.899. The minimum Gasteiger partial charge on any atom is -0.456 e. The van der Waals surface area contributed by atoms with Gasteiger partial charge in [0.25, 0.3) is 0 Å². The van der Waals surface area contributed by atoms with E-state index in [-0.39, 0.29) is 56.2 Å². The average Bonchev–Trinajstić information content (AvgIpc) is 3.71. The van der Waals surface area contributed by atoms with Crippen molar-refractivity contribution >= 4 is 31.4 Å². The van der Waals surface area contributed by atoms with Crippen LogP contribution in [-0.4, -0.2) is 205 Å². The van der Waals surface area contributed by atoms with Crippen LogP contribution >= 0.6 is 19.4 Å². The number of nitrogens with one attached hydrogen (secondary N) is 4. The molecule has 368 valence electrons. The number of hydrogen-bond acceptors (Lipinski definition) is 16. The lowest BCUT2D eigenvalue weighted by Gasteiger charge is -2.42. The molecule has 2 heterocycles. The number of halogens is 5. The van der Waals surface area contributed by atoms with Gasteiger partial charge in [-0.25, -0.2) is 37.2 Å². The van der Waals surface area contributed by atoms with Crippen LogP contribution in [0.4, 0.5) is 26.7 Å². The fraction of sp³-hybridized carbons (Fsp3) is 0.946. The first-order chi connectivity index (χ1) is 30.0. The summed E-state index contributed by atoms with van der Waals surface area (Å²) in [6.45, 7) is 3.85. The Hall–Kier alpha value is -1.55. The summed E-state index contributed by atoms with van der Waals surface area (Å²) in [5.74, 6) is -1.13. The van der Waals surface area contributed by atoms with Crippen molar-refractivity contribution in [2.45, 2.75) is 142 Å². The number of rotatable bonds is 27. The topological polar surface area (TPSA) is 259 Å². The van der Waals surface area contributed by atoms with Crippen molar-refractivity contribution in [2.24, 2.45) is 0 Å². The van der Waals surface area contributed by atoms with Crippen molar-refractivity contribution in [1.82, 2.24) is 26.6 Å². The first-order valence-electron chi connectivity index (χ1n) is 21.4. The van der Waals surface area contributed by atoms with Crippen LogP contribution in [0.2, 0.25) is 0 Å². The molecule has 0 spiro atoms. The maximum atomic E-state index is 13.8. The van der Waals surface area contributed by atoms with Gasteiger partial charge in [0.2, 0.25) is 0 Å². The zero-order chi connectivity index (χ0) is 45.9. The van der Waals surface area contributed by atoms with Gasteiger partial charge in [-0.15, -0.1) is 11.8 Å². The smallest absolute Gasteiger partial charge is 0.325 e. The van der Waals surface area contributed by atoms with Gasteiger partial charge in [0, 0.05) is 37.0 Å². The molecule has 26 heteroatoms. The van der Waals surface area contributed by atoms with Gasteiger partial charge in [-0.2, -0.15) is 5.53 Å². The molecule has 0 aromatic rings. The fourth-order valence-electron chi connectivity index (χ4n) is 7.40. The molecule has 0 aromatic carbocycles. The van der Waals surface area contributed by atoms with Gasteiger partial charge in [-0.3, -0.25) is 9.36 Å². The van der Waals surface area contributed by atoms with Crippen LogP contribution in [0.3, 0.4) is 0 Å². The van der Waals surface area contributed by atoms with E-state index in [2.05, 4.69) is 26.3 Å². The normalized spacial score (nSPS) is 34.2. The van der Waals surface area contributed by atoms with Crippen molar-refractivity contribution in [3.05, 3.63) is 0 Å². The highest BCUT2D eigenvalue weighted by molar-refractivity contribution is 8.00. The molecule has 10 atom stereocenters. The van der Waals surface area contributed by atoms with Gasteiger partial charge in [-0.05, 0) is 44.9 Å². The number of hydrazine groups is 2. The SMILES string of the molecule is O=C(NCCCCC1CN(CCOCCOCCOCCOCCC(=O)OC2C(F)C(F)C(F)C(F)C2F)NN1)NC1CCC(S[C@@H]2O[C@H](CCP(=O)(O)O)[C@@H](O)[C@H](O)[C@@H]2O)CC1. The lowest BCUT2D eigenvalue weighted by Crippen LogP contribution is -2.57. The third-order valence-corrected chi connectivity index (χ3v) is 13.4. The number of aliphatic hydroxyl groups is 3. The van der Waals surface area contributed by atoms with E-state index in [1.165, 1.54) is 11.8 Å². The summed E-state index contributed by atoms with van der Waals surface area (Å²) in [4.78, 5) is 42.7. The maximum absolute atomic E-state index is 13.8. The molecule has 19 nitrogen and oxygen atoms in total. The maximum Gasteiger partial charge on any atom is 0.325 e. The molecule has 9 N–H and O–H groups in total. The molecular formula is C37H65F5N5O14PS. The van der Waals surface area contributed by atoms with E-state index in [1.54, 1.807) is 0 Å². The third kappa shape index (κ3) is 18.9. The summed E-state index contributed by atoms with van der Waals surface area (Å²) in [7, 11) is -4.32. The third-order valence-electron chi connectivity index (χ3n) is 11.0. The van der Waals surface area contributed by atoms with E-state index in [9.17, 15) is 61.2 Å². The van der Waals surface area contributed by atoms with Crippen LogP contribution in [0.5, 0.6) is 0 Å². The van der Waals surface area contributed by atoms with Gasteiger partial charge in [-0.1, -0.05) is 6.42 Å². The monoisotopic (exact) mass is 961 g/mol. The summed E-state index contributed by atoms with van der Waals surface area (Å²) in [6, 6.07) is -0.00435. The van der Waals surface area contributed by atoms with Gasteiger partial charge in [0.15, 0.2) is 37.0 Å². The number of amides is 2. The number of thioether (sulfide) groups is 1.